The van der Waals surface area contributed by atoms with Crippen LogP contribution in [0.2, 0.25) is 0 Å². The monoisotopic (exact) mass is 507 g/mol. The van der Waals surface area contributed by atoms with E-state index in [-0.39, 0.29) is 0 Å². The van der Waals surface area contributed by atoms with Gasteiger partial charge in [0.2, 0.25) is 0 Å². The van der Waals surface area contributed by atoms with Crippen LogP contribution in [0.1, 0.15) is 12.8 Å². The summed E-state index contributed by atoms with van der Waals surface area (Å²) in [6, 6.07) is 12.3. The Morgan fingerprint density at radius 2 is 1.89 bits per heavy atom. The van der Waals surface area contributed by atoms with Crippen molar-refractivity contribution in [2.75, 3.05) is 26.2 Å². The molecule has 0 atom stereocenters. The third kappa shape index (κ3) is 4.26. The zero-order valence-electron chi connectivity index (χ0n) is 20.1. The fraction of sp³-hybridized carbons (Fsp3) is 0.214. The summed E-state index contributed by atoms with van der Waals surface area (Å²) in [6.45, 7) is 3.94. The first-order chi connectivity index (χ1) is 18.3. The first-order valence-corrected chi connectivity index (χ1v) is 13.4. The molecular formula is C28H25N7OS. The largest absolute Gasteiger partial charge is 0.491 e. The van der Waals surface area contributed by atoms with Crippen LogP contribution in [0.5, 0.6) is 5.75 Å². The van der Waals surface area contributed by atoms with Gasteiger partial charge in [0.25, 0.3) is 0 Å². The fourth-order valence-electron chi connectivity index (χ4n) is 4.99. The minimum atomic E-state index is 0.659. The number of hydrogen-bond donors (Lipinski definition) is 2. The molecule has 0 radical (unpaired) electrons. The normalized spacial score (nSPS) is 14.2. The summed E-state index contributed by atoms with van der Waals surface area (Å²) >= 11 is 1.71. The number of pyridine rings is 3. The van der Waals surface area contributed by atoms with Gasteiger partial charge in [-0.3, -0.25) is 20.0 Å². The topological polar surface area (TPSA) is 95.6 Å². The van der Waals surface area contributed by atoms with Gasteiger partial charge in [-0.05, 0) is 61.6 Å². The lowest BCUT2D eigenvalue weighted by atomic mass is 10.1. The van der Waals surface area contributed by atoms with E-state index in [9.17, 15) is 0 Å². The van der Waals surface area contributed by atoms with Crippen molar-refractivity contribution in [2.24, 2.45) is 0 Å². The Morgan fingerprint density at radius 3 is 2.78 bits per heavy atom. The van der Waals surface area contributed by atoms with Crippen molar-refractivity contribution in [3.8, 4) is 38.8 Å². The van der Waals surface area contributed by atoms with Gasteiger partial charge in [0, 0.05) is 40.3 Å². The number of likely N-dealkylation sites (tertiary alicyclic amines) is 1. The van der Waals surface area contributed by atoms with Crippen LogP contribution < -0.4 is 4.74 Å². The number of ether oxygens (including phenoxy) is 1. The van der Waals surface area contributed by atoms with Crippen LogP contribution in [0.3, 0.4) is 0 Å². The van der Waals surface area contributed by atoms with Crippen molar-refractivity contribution < 1.29 is 4.74 Å². The van der Waals surface area contributed by atoms with Gasteiger partial charge in [-0.2, -0.15) is 5.10 Å². The number of nitrogens with zero attached hydrogens (tertiary/aromatic N) is 5. The Morgan fingerprint density at radius 1 is 0.973 bits per heavy atom. The van der Waals surface area contributed by atoms with Gasteiger partial charge in [0.1, 0.15) is 23.6 Å². The van der Waals surface area contributed by atoms with E-state index in [1.807, 2.05) is 36.8 Å². The maximum Gasteiger partial charge on any atom is 0.138 e. The van der Waals surface area contributed by atoms with Crippen molar-refractivity contribution >= 4 is 33.3 Å². The summed E-state index contributed by atoms with van der Waals surface area (Å²) in [5, 5.41) is 10.9. The standard InChI is InChI=1S/C28H25N7OS/c1-2-8-35(7-1)9-10-36-19-12-18(14-29-15-19)22-5-6-23-27(32-22)28(34-33-23)24-13-20-21(26-4-3-11-37-26)16-30-17-25(20)31-24/h3-6,11-17,31H,1-2,7-10H2,(H,33,34). The number of aromatic nitrogens is 6. The Kier molecular flexibility index (Phi) is 5.64. The molecule has 0 saturated carbocycles. The van der Waals surface area contributed by atoms with Gasteiger partial charge in [-0.15, -0.1) is 11.3 Å². The number of thiophene rings is 1. The molecule has 184 valence electrons. The highest BCUT2D eigenvalue weighted by Crippen LogP contribution is 2.35. The van der Waals surface area contributed by atoms with Crippen molar-refractivity contribution in [1.82, 2.24) is 35.0 Å². The summed E-state index contributed by atoms with van der Waals surface area (Å²) in [6.07, 6.45) is 9.92. The number of H-pyrrole nitrogens is 2. The summed E-state index contributed by atoms with van der Waals surface area (Å²) < 4.78 is 6.01. The second-order valence-corrected chi connectivity index (χ2v) is 10.2. The van der Waals surface area contributed by atoms with E-state index >= 15 is 0 Å². The van der Waals surface area contributed by atoms with Crippen LogP contribution in [0.15, 0.2) is 66.6 Å². The second kappa shape index (κ2) is 9.42. The minimum Gasteiger partial charge on any atom is -0.491 e. The van der Waals surface area contributed by atoms with Crippen LogP contribution >= 0.6 is 11.3 Å². The number of hydrogen-bond acceptors (Lipinski definition) is 7. The van der Waals surface area contributed by atoms with E-state index in [0.717, 1.165) is 62.4 Å². The van der Waals surface area contributed by atoms with E-state index < -0.39 is 0 Å². The molecule has 0 bridgehead atoms. The van der Waals surface area contributed by atoms with Gasteiger partial charge in [-0.25, -0.2) is 4.98 Å². The molecule has 0 amide bonds. The Hall–Kier alpha value is -4.08. The van der Waals surface area contributed by atoms with Crippen LogP contribution in [0.4, 0.5) is 0 Å². The maximum absolute atomic E-state index is 6.01. The molecule has 1 aliphatic rings. The quantitative estimate of drug-likeness (QED) is 0.285. The van der Waals surface area contributed by atoms with E-state index in [4.69, 9.17) is 9.72 Å². The number of fused-ring (bicyclic) bond motifs is 2. The number of aromatic amines is 2. The molecule has 1 fully saturated rings. The first-order valence-electron chi connectivity index (χ1n) is 12.5. The summed E-state index contributed by atoms with van der Waals surface area (Å²) in [5.74, 6) is 0.759. The predicted octanol–water partition coefficient (Wildman–Crippen LogP) is 5.77. The molecule has 6 aromatic rings. The smallest absolute Gasteiger partial charge is 0.138 e. The lowest BCUT2D eigenvalue weighted by molar-refractivity contribution is 0.237. The average Bonchev–Trinajstić information content (AvgIpc) is 3.74. The van der Waals surface area contributed by atoms with Gasteiger partial charge in [0.15, 0.2) is 0 Å². The molecule has 2 N–H and O–H groups in total. The second-order valence-electron chi connectivity index (χ2n) is 9.28. The molecule has 1 saturated heterocycles. The van der Waals surface area contributed by atoms with Gasteiger partial charge in [-0.1, -0.05) is 6.07 Å². The van der Waals surface area contributed by atoms with Crippen molar-refractivity contribution in [3.63, 3.8) is 0 Å². The lowest BCUT2D eigenvalue weighted by Gasteiger charge is -2.15. The van der Waals surface area contributed by atoms with Crippen molar-refractivity contribution in [2.45, 2.75) is 12.8 Å². The highest BCUT2D eigenvalue weighted by molar-refractivity contribution is 7.13. The van der Waals surface area contributed by atoms with Gasteiger partial charge < -0.3 is 9.72 Å². The van der Waals surface area contributed by atoms with E-state index in [2.05, 4.69) is 53.6 Å². The summed E-state index contributed by atoms with van der Waals surface area (Å²) in [4.78, 5) is 20.9. The molecule has 0 spiro atoms. The summed E-state index contributed by atoms with van der Waals surface area (Å²) in [7, 11) is 0. The molecular weight excluding hydrogens is 482 g/mol. The van der Waals surface area contributed by atoms with Crippen molar-refractivity contribution in [1.29, 1.82) is 0 Å². The Balaban J connectivity index is 1.20. The highest BCUT2D eigenvalue weighted by atomic mass is 32.1. The molecule has 7 rings (SSSR count). The molecule has 7 heterocycles. The van der Waals surface area contributed by atoms with E-state index in [1.54, 1.807) is 17.5 Å². The zero-order valence-corrected chi connectivity index (χ0v) is 21.0. The fourth-order valence-corrected chi connectivity index (χ4v) is 5.74. The lowest BCUT2D eigenvalue weighted by Crippen LogP contribution is -2.25. The minimum absolute atomic E-state index is 0.659. The van der Waals surface area contributed by atoms with Crippen molar-refractivity contribution in [3.05, 3.63) is 66.6 Å². The Labute approximate surface area is 217 Å². The van der Waals surface area contributed by atoms with Crippen LogP contribution in [-0.2, 0) is 0 Å². The molecule has 0 unspecified atom stereocenters. The molecule has 1 aliphatic heterocycles. The van der Waals surface area contributed by atoms with E-state index in [1.165, 1.54) is 30.8 Å². The molecule has 6 aromatic heterocycles. The molecule has 37 heavy (non-hydrogen) atoms. The SMILES string of the molecule is c1csc(-c2cncc3[nH]c(-c4n[nH]c5ccc(-c6cncc(OCCN7CCCC7)c6)nc45)cc23)c1. The number of nitrogens with one attached hydrogen (secondary N) is 2. The maximum atomic E-state index is 6.01. The molecule has 0 aromatic carbocycles. The molecule has 0 aliphatic carbocycles. The van der Waals surface area contributed by atoms with E-state index in [0.29, 0.717) is 6.61 Å². The Bertz CT molecular complexity index is 1680. The third-order valence-corrected chi connectivity index (χ3v) is 7.78. The predicted molar refractivity (Wildman–Crippen MR) is 147 cm³/mol. The first kappa shape index (κ1) is 22.1. The third-order valence-electron chi connectivity index (χ3n) is 6.88. The van der Waals surface area contributed by atoms with Gasteiger partial charge >= 0.3 is 0 Å². The summed E-state index contributed by atoms with van der Waals surface area (Å²) in [5.41, 5.74) is 7.16. The molecule has 9 heteroatoms. The molecule has 8 nitrogen and oxygen atoms in total. The number of rotatable bonds is 7. The van der Waals surface area contributed by atoms with Crippen LogP contribution in [0.25, 0.3) is 55.0 Å². The highest BCUT2D eigenvalue weighted by Gasteiger charge is 2.16. The van der Waals surface area contributed by atoms with Gasteiger partial charge in [0.05, 0.1) is 34.8 Å². The zero-order chi connectivity index (χ0) is 24.6. The average molecular weight is 508 g/mol. The van der Waals surface area contributed by atoms with Crippen LogP contribution in [-0.4, -0.2) is 61.3 Å². The van der Waals surface area contributed by atoms with Crippen LogP contribution in [0, 0.1) is 0 Å².